The fraction of sp³-hybridized carbons (Fsp3) is 0.182. The van der Waals surface area contributed by atoms with Crippen LogP contribution in [0.5, 0.6) is 0 Å². The molecule has 158 valence electrons. The van der Waals surface area contributed by atoms with Crippen LogP contribution in [0.25, 0.3) is 28.1 Å². The Morgan fingerprint density at radius 1 is 1.10 bits per heavy atom. The van der Waals surface area contributed by atoms with Crippen molar-refractivity contribution >= 4 is 22.8 Å². The number of benzene rings is 1. The zero-order valence-electron chi connectivity index (χ0n) is 17.7. The molecule has 0 bridgehead atoms. The highest BCUT2D eigenvalue weighted by Crippen LogP contribution is 2.27. The number of aromatic amines is 1. The summed E-state index contributed by atoms with van der Waals surface area (Å²) in [7, 11) is 3.21. The second kappa shape index (κ2) is 7.94. The van der Waals surface area contributed by atoms with Crippen molar-refractivity contribution < 1.29 is 9.53 Å². The van der Waals surface area contributed by atoms with Crippen molar-refractivity contribution in [2.45, 2.75) is 13.8 Å². The smallest absolute Gasteiger partial charge is 0.337 e. The fourth-order valence-corrected chi connectivity index (χ4v) is 3.53. The largest absolute Gasteiger partial charge is 0.465 e. The zero-order chi connectivity index (χ0) is 22.1. The van der Waals surface area contributed by atoms with Crippen LogP contribution in [-0.4, -0.2) is 42.6 Å². The van der Waals surface area contributed by atoms with Gasteiger partial charge in [-0.25, -0.2) is 14.5 Å². The minimum absolute atomic E-state index is 0.381. The fourth-order valence-electron chi connectivity index (χ4n) is 3.53. The van der Waals surface area contributed by atoms with Gasteiger partial charge in [0, 0.05) is 36.0 Å². The summed E-state index contributed by atoms with van der Waals surface area (Å²) in [6.07, 6.45) is 1.70. The van der Waals surface area contributed by atoms with Gasteiger partial charge in [0.05, 0.1) is 24.1 Å². The highest BCUT2D eigenvalue weighted by molar-refractivity contribution is 5.93. The molecule has 9 heteroatoms. The van der Waals surface area contributed by atoms with E-state index in [1.54, 1.807) is 33.8 Å². The Morgan fingerprint density at radius 3 is 2.48 bits per heavy atom. The van der Waals surface area contributed by atoms with Crippen molar-refractivity contribution in [3.8, 4) is 17.1 Å². The van der Waals surface area contributed by atoms with Gasteiger partial charge in [0.15, 0.2) is 11.5 Å². The number of aromatic nitrogens is 6. The van der Waals surface area contributed by atoms with Crippen LogP contribution in [0, 0.1) is 13.8 Å². The second-order valence-electron chi connectivity index (χ2n) is 7.17. The Bertz CT molecular complexity index is 1330. The third-order valence-electron chi connectivity index (χ3n) is 4.89. The van der Waals surface area contributed by atoms with Gasteiger partial charge in [-0.15, -0.1) is 0 Å². The van der Waals surface area contributed by atoms with Crippen molar-refractivity contribution in [1.82, 2.24) is 29.5 Å². The Labute approximate surface area is 178 Å². The number of anilines is 1. The summed E-state index contributed by atoms with van der Waals surface area (Å²) in [6, 6.07) is 12.7. The first kappa shape index (κ1) is 20.1. The number of H-pyrrole nitrogens is 1. The molecule has 0 aliphatic rings. The molecule has 0 unspecified atom stereocenters. The SMILES string of the molecule is COC(=O)c1ccc(-c2c3ccnc(-n4nc(C)cc4C)cc(N)[nH]c3nn2C)cc1. The summed E-state index contributed by atoms with van der Waals surface area (Å²) < 4.78 is 8.27. The van der Waals surface area contributed by atoms with Crippen LogP contribution in [0.15, 0.2) is 48.7 Å². The molecule has 3 N–H and O–H groups in total. The molecule has 4 aromatic rings. The molecule has 4 rings (SSSR count). The average molecular weight is 417 g/mol. The zero-order valence-corrected chi connectivity index (χ0v) is 17.7. The van der Waals surface area contributed by atoms with Crippen LogP contribution in [0.4, 0.5) is 5.82 Å². The number of esters is 1. The number of nitrogens with two attached hydrogens (primary N) is 1. The lowest BCUT2D eigenvalue weighted by molar-refractivity contribution is 0.0601. The minimum atomic E-state index is -0.381. The molecule has 0 fully saturated rings. The Balaban J connectivity index is 1.89. The molecule has 0 saturated carbocycles. The summed E-state index contributed by atoms with van der Waals surface area (Å²) in [5.74, 6) is 0.598. The van der Waals surface area contributed by atoms with Crippen LogP contribution in [0.1, 0.15) is 21.7 Å². The molecule has 0 aliphatic heterocycles. The number of aryl methyl sites for hydroxylation is 3. The maximum absolute atomic E-state index is 11.7. The van der Waals surface area contributed by atoms with E-state index in [0.717, 1.165) is 28.0 Å². The van der Waals surface area contributed by atoms with E-state index in [-0.39, 0.29) is 5.97 Å². The number of nitrogens with one attached hydrogen (secondary N) is 1. The minimum Gasteiger partial charge on any atom is -0.465 e. The van der Waals surface area contributed by atoms with Gasteiger partial charge in [0.1, 0.15) is 5.82 Å². The molecule has 3 heterocycles. The van der Waals surface area contributed by atoms with E-state index in [1.165, 1.54) is 7.11 Å². The Hall–Kier alpha value is -4.14. The van der Waals surface area contributed by atoms with Crippen molar-refractivity contribution in [2.75, 3.05) is 12.8 Å². The van der Waals surface area contributed by atoms with Crippen LogP contribution in [-0.2, 0) is 11.8 Å². The number of nitrogens with zero attached hydrogens (tertiary/aromatic N) is 5. The molecule has 0 amide bonds. The van der Waals surface area contributed by atoms with Crippen LogP contribution >= 0.6 is 0 Å². The molecule has 0 radical (unpaired) electrons. The lowest BCUT2D eigenvalue weighted by Gasteiger charge is -2.04. The van der Waals surface area contributed by atoms with Gasteiger partial charge in [0.2, 0.25) is 0 Å². The summed E-state index contributed by atoms with van der Waals surface area (Å²) >= 11 is 0. The van der Waals surface area contributed by atoms with Crippen LogP contribution in [0.2, 0.25) is 0 Å². The number of hydrogen-bond donors (Lipinski definition) is 2. The first-order valence-electron chi connectivity index (χ1n) is 9.65. The number of rotatable bonds is 3. The molecule has 0 aliphatic carbocycles. The molecule has 9 nitrogen and oxygen atoms in total. The van der Waals surface area contributed by atoms with Crippen LogP contribution < -0.4 is 5.73 Å². The first-order chi connectivity index (χ1) is 14.9. The van der Waals surface area contributed by atoms with E-state index in [1.807, 2.05) is 45.2 Å². The van der Waals surface area contributed by atoms with Crippen molar-refractivity contribution in [3.63, 3.8) is 0 Å². The van der Waals surface area contributed by atoms with Gasteiger partial charge in [-0.1, -0.05) is 12.1 Å². The van der Waals surface area contributed by atoms with E-state index in [4.69, 9.17) is 10.5 Å². The third-order valence-corrected chi connectivity index (χ3v) is 4.89. The van der Waals surface area contributed by atoms with Gasteiger partial charge < -0.3 is 15.5 Å². The lowest BCUT2D eigenvalue weighted by Crippen LogP contribution is -2.01. The van der Waals surface area contributed by atoms with E-state index in [2.05, 4.69) is 20.2 Å². The molecular weight excluding hydrogens is 394 g/mol. The molecule has 0 spiro atoms. The average Bonchev–Trinajstić information content (AvgIpc) is 3.25. The highest BCUT2D eigenvalue weighted by atomic mass is 16.5. The third kappa shape index (κ3) is 3.85. The lowest BCUT2D eigenvalue weighted by atomic mass is 10.1. The topological polar surface area (TPSA) is 117 Å². The molecule has 3 aromatic heterocycles. The summed E-state index contributed by atoms with van der Waals surface area (Å²) in [5, 5.41) is 9.89. The first-order valence-corrected chi connectivity index (χ1v) is 9.65. The summed E-state index contributed by atoms with van der Waals surface area (Å²) in [5.41, 5.74) is 10.9. The van der Waals surface area contributed by atoms with E-state index in [0.29, 0.717) is 22.8 Å². The number of carbonyl (C=O) groups is 1. The standard InChI is InChI=1S/C22H23N7O2/c1-13-11-14(2)29(26-13)19-12-18(23)25-21-17(9-10-24-19)20(28(3)27-21)15-5-7-16(8-6-15)22(30)31-4/h5-12H,23H2,1-4H3,(H,25,27). The van der Waals surface area contributed by atoms with Crippen LogP contribution in [0.3, 0.4) is 0 Å². The normalized spacial score (nSPS) is 10.8. The monoisotopic (exact) mass is 417 g/mol. The number of hydrogen-bond acceptors (Lipinski definition) is 6. The second-order valence-corrected chi connectivity index (χ2v) is 7.17. The van der Waals surface area contributed by atoms with E-state index in [9.17, 15) is 4.79 Å². The maximum atomic E-state index is 11.7. The van der Waals surface area contributed by atoms with Gasteiger partial charge >= 0.3 is 5.97 Å². The van der Waals surface area contributed by atoms with Gasteiger partial charge in [-0.05, 0) is 38.1 Å². The number of nitrogen functional groups attached to an aromatic ring is 1. The Morgan fingerprint density at radius 2 is 1.84 bits per heavy atom. The Kier molecular flexibility index (Phi) is 5.16. The number of methoxy groups -OCH3 is 1. The predicted molar refractivity (Wildman–Crippen MR) is 118 cm³/mol. The molecule has 0 saturated heterocycles. The van der Waals surface area contributed by atoms with Gasteiger partial charge in [-0.2, -0.15) is 10.2 Å². The van der Waals surface area contributed by atoms with Crippen molar-refractivity contribution in [1.29, 1.82) is 0 Å². The molecule has 31 heavy (non-hydrogen) atoms. The predicted octanol–water partition coefficient (Wildman–Crippen LogP) is 3.26. The summed E-state index contributed by atoms with van der Waals surface area (Å²) in [6.45, 7) is 3.89. The summed E-state index contributed by atoms with van der Waals surface area (Å²) in [4.78, 5) is 19.5. The van der Waals surface area contributed by atoms with E-state index >= 15 is 0 Å². The van der Waals surface area contributed by atoms with E-state index < -0.39 is 0 Å². The molecule has 1 aromatic carbocycles. The molecule has 0 atom stereocenters. The quantitative estimate of drug-likeness (QED) is 0.494. The van der Waals surface area contributed by atoms with Gasteiger partial charge in [-0.3, -0.25) is 4.68 Å². The number of fused-ring (bicyclic) bond motifs is 1. The van der Waals surface area contributed by atoms with Crippen molar-refractivity contribution in [2.24, 2.45) is 7.05 Å². The van der Waals surface area contributed by atoms with Crippen molar-refractivity contribution in [3.05, 3.63) is 65.6 Å². The maximum Gasteiger partial charge on any atom is 0.337 e. The number of carbonyl (C=O) groups excluding carboxylic acids is 1. The number of ether oxygens (including phenoxy) is 1. The highest BCUT2D eigenvalue weighted by Gasteiger charge is 2.13. The van der Waals surface area contributed by atoms with Gasteiger partial charge in [0.25, 0.3) is 0 Å². The molecular formula is C22H23N7O2.